The Bertz CT molecular complexity index is 452. The molecule has 3 nitrogen and oxygen atoms in total. The normalized spacial score (nSPS) is 10.5. The predicted molar refractivity (Wildman–Crippen MR) is 57.5 cm³/mol. The van der Waals surface area contributed by atoms with Gasteiger partial charge in [-0.05, 0) is 28.1 Å². The molecular weight excluding hydrogens is 291 g/mol. The van der Waals surface area contributed by atoms with Gasteiger partial charge in [0, 0.05) is 6.07 Å². The van der Waals surface area contributed by atoms with Gasteiger partial charge in [-0.1, -0.05) is 23.2 Å². The van der Waals surface area contributed by atoms with E-state index in [2.05, 4.69) is 25.9 Å². The summed E-state index contributed by atoms with van der Waals surface area (Å²) < 4.78 is 5.86. The van der Waals surface area contributed by atoms with Crippen molar-refractivity contribution in [3.63, 3.8) is 0 Å². The molecule has 0 amide bonds. The van der Waals surface area contributed by atoms with Crippen molar-refractivity contribution in [3.05, 3.63) is 33.2 Å². The summed E-state index contributed by atoms with van der Waals surface area (Å²) in [6, 6.07) is 4.93. The second-order valence-corrected chi connectivity index (χ2v) is 4.00. The number of aromatic nitrogens is 2. The molecule has 6 heteroatoms. The summed E-state index contributed by atoms with van der Waals surface area (Å²) in [7, 11) is 0. The Morgan fingerprint density at radius 1 is 1.14 bits per heavy atom. The van der Waals surface area contributed by atoms with Crippen molar-refractivity contribution in [2.75, 3.05) is 0 Å². The van der Waals surface area contributed by atoms with Crippen molar-refractivity contribution < 1.29 is 4.42 Å². The number of nitrogens with zero attached hydrogens (tertiary/aromatic N) is 2. The molecule has 14 heavy (non-hydrogen) atoms. The third-order valence-electron chi connectivity index (χ3n) is 1.46. The maximum atomic E-state index is 5.72. The fourth-order valence-electron chi connectivity index (χ4n) is 0.935. The van der Waals surface area contributed by atoms with Crippen LogP contribution in [-0.2, 0) is 0 Å². The SMILES string of the molecule is Clc1cc(Cl)nc(-c2ccc(Br)o2)n1. The number of hydrogen-bond acceptors (Lipinski definition) is 3. The standard InChI is InChI=1S/C8H3BrCl2N2O/c9-5-2-1-4(14-5)8-12-6(10)3-7(11)13-8/h1-3H. The van der Waals surface area contributed by atoms with Crippen LogP contribution >= 0.6 is 39.1 Å². The van der Waals surface area contributed by atoms with Crippen LogP contribution in [0.15, 0.2) is 27.3 Å². The maximum Gasteiger partial charge on any atom is 0.198 e. The summed E-state index contributed by atoms with van der Waals surface area (Å²) in [4.78, 5) is 7.95. The van der Waals surface area contributed by atoms with Crippen molar-refractivity contribution >= 4 is 39.1 Å². The van der Waals surface area contributed by atoms with Gasteiger partial charge in [0.15, 0.2) is 16.3 Å². The van der Waals surface area contributed by atoms with Gasteiger partial charge < -0.3 is 4.42 Å². The molecule has 0 N–H and O–H groups in total. The van der Waals surface area contributed by atoms with Crippen molar-refractivity contribution in [3.8, 4) is 11.6 Å². The Morgan fingerprint density at radius 3 is 2.29 bits per heavy atom. The zero-order chi connectivity index (χ0) is 10.1. The average Bonchev–Trinajstić information content (AvgIpc) is 2.50. The first kappa shape index (κ1) is 9.96. The van der Waals surface area contributed by atoms with E-state index >= 15 is 0 Å². The molecule has 2 aromatic heterocycles. The lowest BCUT2D eigenvalue weighted by molar-refractivity contribution is 0.551. The number of furan rings is 1. The van der Waals surface area contributed by atoms with Crippen molar-refractivity contribution in [2.24, 2.45) is 0 Å². The third kappa shape index (κ3) is 2.08. The summed E-state index contributed by atoms with van der Waals surface area (Å²) in [5.41, 5.74) is 0. The average molecular weight is 294 g/mol. The van der Waals surface area contributed by atoms with Crippen molar-refractivity contribution in [2.45, 2.75) is 0 Å². The van der Waals surface area contributed by atoms with Gasteiger partial charge in [0.2, 0.25) is 0 Å². The molecule has 0 aliphatic carbocycles. The van der Waals surface area contributed by atoms with Gasteiger partial charge in [0.1, 0.15) is 10.3 Å². The second kappa shape index (κ2) is 3.88. The fourth-order valence-corrected chi connectivity index (χ4v) is 1.66. The Labute approximate surface area is 98.2 Å². The monoisotopic (exact) mass is 292 g/mol. The van der Waals surface area contributed by atoms with Gasteiger partial charge in [-0.25, -0.2) is 9.97 Å². The van der Waals surface area contributed by atoms with Crippen LogP contribution in [0.2, 0.25) is 10.3 Å². The molecule has 2 heterocycles. The Kier molecular flexibility index (Phi) is 2.76. The van der Waals surface area contributed by atoms with Crippen LogP contribution in [0.5, 0.6) is 0 Å². The molecule has 0 unspecified atom stereocenters. The van der Waals surface area contributed by atoms with Gasteiger partial charge in [0.25, 0.3) is 0 Å². The van der Waals surface area contributed by atoms with Crippen LogP contribution < -0.4 is 0 Å². The molecule has 0 spiro atoms. The van der Waals surface area contributed by atoms with E-state index in [0.717, 1.165) is 0 Å². The van der Waals surface area contributed by atoms with E-state index in [1.807, 2.05) is 0 Å². The van der Waals surface area contributed by atoms with Gasteiger partial charge in [-0.3, -0.25) is 0 Å². The lowest BCUT2D eigenvalue weighted by Crippen LogP contribution is -1.87. The van der Waals surface area contributed by atoms with E-state index in [1.165, 1.54) is 6.07 Å². The molecule has 0 saturated heterocycles. The van der Waals surface area contributed by atoms with Crippen molar-refractivity contribution in [1.82, 2.24) is 9.97 Å². The zero-order valence-electron chi connectivity index (χ0n) is 6.67. The van der Waals surface area contributed by atoms with E-state index in [0.29, 0.717) is 16.3 Å². The fraction of sp³-hybridized carbons (Fsp3) is 0. The first-order valence-corrected chi connectivity index (χ1v) is 5.16. The van der Waals surface area contributed by atoms with Crippen LogP contribution in [0.4, 0.5) is 0 Å². The predicted octanol–water partition coefficient (Wildman–Crippen LogP) is 3.81. The smallest absolute Gasteiger partial charge is 0.198 e. The number of hydrogen-bond donors (Lipinski definition) is 0. The maximum absolute atomic E-state index is 5.72. The number of halogens is 3. The van der Waals surface area contributed by atoms with Crippen LogP contribution in [0.3, 0.4) is 0 Å². The van der Waals surface area contributed by atoms with Crippen LogP contribution in [0, 0.1) is 0 Å². The van der Waals surface area contributed by atoms with E-state index in [-0.39, 0.29) is 10.3 Å². The topological polar surface area (TPSA) is 38.9 Å². The van der Waals surface area contributed by atoms with Gasteiger partial charge in [0.05, 0.1) is 0 Å². The highest BCUT2D eigenvalue weighted by Crippen LogP contribution is 2.24. The summed E-state index contributed by atoms with van der Waals surface area (Å²) in [6.07, 6.45) is 0. The molecule has 0 aromatic carbocycles. The first-order chi connectivity index (χ1) is 6.65. The van der Waals surface area contributed by atoms with Crippen molar-refractivity contribution in [1.29, 1.82) is 0 Å². The third-order valence-corrected chi connectivity index (χ3v) is 2.27. The molecule has 0 atom stereocenters. The molecule has 0 aliphatic rings. The van der Waals surface area contributed by atoms with E-state index in [4.69, 9.17) is 27.6 Å². The number of rotatable bonds is 1. The molecular formula is C8H3BrCl2N2O. The zero-order valence-corrected chi connectivity index (χ0v) is 9.77. The summed E-state index contributed by atoms with van der Waals surface area (Å²) in [6.45, 7) is 0. The first-order valence-electron chi connectivity index (χ1n) is 3.61. The summed E-state index contributed by atoms with van der Waals surface area (Å²) in [5.74, 6) is 0.884. The van der Waals surface area contributed by atoms with Gasteiger partial charge in [-0.15, -0.1) is 0 Å². The molecule has 0 bridgehead atoms. The van der Waals surface area contributed by atoms with E-state index in [9.17, 15) is 0 Å². The lowest BCUT2D eigenvalue weighted by Gasteiger charge is -1.96. The highest BCUT2D eigenvalue weighted by Gasteiger charge is 2.08. The molecule has 0 fully saturated rings. The van der Waals surface area contributed by atoms with Gasteiger partial charge in [-0.2, -0.15) is 0 Å². The quantitative estimate of drug-likeness (QED) is 0.751. The minimum Gasteiger partial charge on any atom is -0.446 e. The molecule has 72 valence electrons. The largest absolute Gasteiger partial charge is 0.446 e. The van der Waals surface area contributed by atoms with Crippen LogP contribution in [-0.4, -0.2) is 9.97 Å². The highest BCUT2D eigenvalue weighted by molar-refractivity contribution is 9.10. The Hall–Kier alpha value is -0.580. The molecule has 0 radical (unpaired) electrons. The van der Waals surface area contributed by atoms with E-state index in [1.54, 1.807) is 12.1 Å². The highest BCUT2D eigenvalue weighted by atomic mass is 79.9. The lowest BCUT2D eigenvalue weighted by atomic mass is 10.4. The molecule has 0 aliphatic heterocycles. The van der Waals surface area contributed by atoms with Crippen LogP contribution in [0.1, 0.15) is 0 Å². The molecule has 2 rings (SSSR count). The molecule has 0 saturated carbocycles. The van der Waals surface area contributed by atoms with Crippen LogP contribution in [0.25, 0.3) is 11.6 Å². The Balaban J connectivity index is 2.51. The Morgan fingerprint density at radius 2 is 1.79 bits per heavy atom. The second-order valence-electron chi connectivity index (χ2n) is 2.44. The summed E-state index contributed by atoms with van der Waals surface area (Å²) in [5, 5.41) is 0.569. The molecule has 2 aromatic rings. The van der Waals surface area contributed by atoms with E-state index < -0.39 is 0 Å². The minimum atomic E-state index is 0.285. The minimum absolute atomic E-state index is 0.285. The summed E-state index contributed by atoms with van der Waals surface area (Å²) >= 11 is 14.6. The van der Waals surface area contributed by atoms with Gasteiger partial charge >= 0.3 is 0 Å².